The molecular formula is C12H17N3. The fourth-order valence-corrected chi connectivity index (χ4v) is 1.65. The van der Waals surface area contributed by atoms with Gasteiger partial charge in [-0.1, -0.05) is 0 Å². The first-order chi connectivity index (χ1) is 7.09. The van der Waals surface area contributed by atoms with Gasteiger partial charge >= 0.3 is 0 Å². The molecule has 0 aliphatic rings. The number of benzene rings is 1. The van der Waals surface area contributed by atoms with E-state index >= 15 is 0 Å². The topological polar surface area (TPSA) is 21.1 Å². The van der Waals surface area contributed by atoms with E-state index in [0.29, 0.717) is 6.04 Å². The molecule has 0 N–H and O–H groups in total. The van der Waals surface area contributed by atoms with Gasteiger partial charge in [0.25, 0.3) is 0 Å². The Bertz CT molecular complexity index is 471. The van der Waals surface area contributed by atoms with Crippen molar-refractivity contribution in [1.29, 1.82) is 0 Å². The standard InChI is InChI=1S/C12H17N3/c1-9(2)14(3)11-6-5-10-8-13-15(4)12(10)7-11/h5-9H,1-4H3. The summed E-state index contributed by atoms with van der Waals surface area (Å²) in [6.07, 6.45) is 1.90. The van der Waals surface area contributed by atoms with Crippen LogP contribution in [0.3, 0.4) is 0 Å². The van der Waals surface area contributed by atoms with Crippen molar-refractivity contribution in [2.45, 2.75) is 19.9 Å². The summed E-state index contributed by atoms with van der Waals surface area (Å²) in [5, 5.41) is 5.43. The van der Waals surface area contributed by atoms with Crippen molar-refractivity contribution >= 4 is 16.6 Å². The first-order valence-corrected chi connectivity index (χ1v) is 5.24. The zero-order chi connectivity index (χ0) is 11.0. The highest BCUT2D eigenvalue weighted by molar-refractivity contribution is 5.82. The molecule has 3 heteroatoms. The van der Waals surface area contributed by atoms with E-state index in [2.05, 4.69) is 49.1 Å². The summed E-state index contributed by atoms with van der Waals surface area (Å²) in [4.78, 5) is 2.26. The highest BCUT2D eigenvalue weighted by Crippen LogP contribution is 2.21. The maximum atomic E-state index is 4.24. The Morgan fingerprint density at radius 1 is 1.33 bits per heavy atom. The molecule has 0 fully saturated rings. The molecule has 0 aliphatic carbocycles. The second kappa shape index (κ2) is 3.57. The lowest BCUT2D eigenvalue weighted by Gasteiger charge is -2.23. The van der Waals surface area contributed by atoms with E-state index in [0.717, 1.165) is 0 Å². The highest BCUT2D eigenvalue weighted by Gasteiger charge is 2.07. The molecule has 0 unspecified atom stereocenters. The molecule has 0 aliphatic heterocycles. The average molecular weight is 203 g/mol. The van der Waals surface area contributed by atoms with Crippen LogP contribution in [0.25, 0.3) is 10.9 Å². The molecule has 0 spiro atoms. The zero-order valence-electron chi connectivity index (χ0n) is 9.73. The van der Waals surface area contributed by atoms with Gasteiger partial charge in [0, 0.05) is 31.2 Å². The van der Waals surface area contributed by atoms with Crippen molar-refractivity contribution in [3.63, 3.8) is 0 Å². The molecule has 2 aromatic rings. The fraction of sp³-hybridized carbons (Fsp3) is 0.417. The summed E-state index contributed by atoms with van der Waals surface area (Å²) in [6.45, 7) is 4.38. The average Bonchev–Trinajstić information content (AvgIpc) is 2.59. The minimum atomic E-state index is 0.510. The maximum Gasteiger partial charge on any atom is 0.0699 e. The van der Waals surface area contributed by atoms with E-state index in [1.54, 1.807) is 0 Å². The lowest BCUT2D eigenvalue weighted by Crippen LogP contribution is -2.25. The molecule has 0 amide bonds. The first-order valence-electron chi connectivity index (χ1n) is 5.24. The Labute approximate surface area is 90.3 Å². The molecular weight excluding hydrogens is 186 g/mol. The van der Waals surface area contributed by atoms with Crippen LogP contribution in [0.15, 0.2) is 24.4 Å². The number of hydrogen-bond acceptors (Lipinski definition) is 2. The van der Waals surface area contributed by atoms with Crippen LogP contribution in [0.4, 0.5) is 5.69 Å². The molecule has 1 aromatic carbocycles. The van der Waals surface area contributed by atoms with Gasteiger partial charge in [-0.3, -0.25) is 4.68 Å². The molecule has 15 heavy (non-hydrogen) atoms. The second-order valence-corrected chi connectivity index (χ2v) is 4.22. The van der Waals surface area contributed by atoms with E-state index in [-0.39, 0.29) is 0 Å². The molecule has 1 heterocycles. The van der Waals surface area contributed by atoms with Gasteiger partial charge in [0.15, 0.2) is 0 Å². The Balaban J connectivity index is 2.50. The normalized spacial score (nSPS) is 11.3. The third-order valence-corrected chi connectivity index (χ3v) is 2.91. The van der Waals surface area contributed by atoms with Crippen LogP contribution in [0.2, 0.25) is 0 Å². The van der Waals surface area contributed by atoms with E-state index in [4.69, 9.17) is 0 Å². The number of aryl methyl sites for hydroxylation is 1. The lowest BCUT2D eigenvalue weighted by molar-refractivity contribution is 0.754. The molecule has 0 saturated carbocycles. The molecule has 1 aromatic heterocycles. The van der Waals surface area contributed by atoms with E-state index in [1.807, 2.05) is 17.9 Å². The summed E-state index contributed by atoms with van der Waals surface area (Å²) in [6, 6.07) is 6.96. The molecule has 80 valence electrons. The molecule has 2 rings (SSSR count). The van der Waals surface area contributed by atoms with Gasteiger partial charge in [0.05, 0.1) is 11.7 Å². The Morgan fingerprint density at radius 2 is 2.07 bits per heavy atom. The summed E-state index contributed by atoms with van der Waals surface area (Å²) < 4.78 is 1.91. The van der Waals surface area contributed by atoms with Gasteiger partial charge in [-0.2, -0.15) is 5.10 Å². The number of hydrogen-bond donors (Lipinski definition) is 0. The van der Waals surface area contributed by atoms with Crippen molar-refractivity contribution in [1.82, 2.24) is 9.78 Å². The second-order valence-electron chi connectivity index (χ2n) is 4.22. The molecule has 3 nitrogen and oxygen atoms in total. The van der Waals surface area contributed by atoms with Crippen molar-refractivity contribution in [3.05, 3.63) is 24.4 Å². The molecule has 0 atom stereocenters. The highest BCUT2D eigenvalue weighted by atomic mass is 15.2. The minimum absolute atomic E-state index is 0.510. The maximum absolute atomic E-state index is 4.24. The van der Waals surface area contributed by atoms with Gasteiger partial charge in [-0.15, -0.1) is 0 Å². The number of rotatable bonds is 2. The van der Waals surface area contributed by atoms with E-state index in [9.17, 15) is 0 Å². The first kappa shape index (κ1) is 10.0. The van der Waals surface area contributed by atoms with Crippen molar-refractivity contribution in [2.75, 3.05) is 11.9 Å². The van der Waals surface area contributed by atoms with Crippen LogP contribution in [0.5, 0.6) is 0 Å². The summed E-state index contributed by atoms with van der Waals surface area (Å²) in [5.41, 5.74) is 2.42. The van der Waals surface area contributed by atoms with Crippen molar-refractivity contribution < 1.29 is 0 Å². The summed E-state index contributed by atoms with van der Waals surface area (Å²) >= 11 is 0. The number of nitrogens with zero attached hydrogens (tertiary/aromatic N) is 3. The van der Waals surface area contributed by atoms with Gasteiger partial charge < -0.3 is 4.90 Å². The third kappa shape index (κ3) is 1.69. The van der Waals surface area contributed by atoms with Crippen molar-refractivity contribution in [3.8, 4) is 0 Å². The van der Waals surface area contributed by atoms with Gasteiger partial charge in [0.1, 0.15) is 0 Å². The largest absolute Gasteiger partial charge is 0.372 e. The van der Waals surface area contributed by atoms with Crippen LogP contribution >= 0.6 is 0 Å². The minimum Gasteiger partial charge on any atom is -0.372 e. The van der Waals surface area contributed by atoms with Crippen LogP contribution in [-0.2, 0) is 7.05 Å². The van der Waals surface area contributed by atoms with Gasteiger partial charge in [-0.05, 0) is 32.0 Å². The van der Waals surface area contributed by atoms with Crippen LogP contribution in [-0.4, -0.2) is 22.9 Å². The number of aromatic nitrogens is 2. The van der Waals surface area contributed by atoms with E-state index < -0.39 is 0 Å². The lowest BCUT2D eigenvalue weighted by atomic mass is 10.2. The Hall–Kier alpha value is -1.51. The fourth-order valence-electron chi connectivity index (χ4n) is 1.65. The Morgan fingerprint density at radius 3 is 2.73 bits per heavy atom. The zero-order valence-corrected chi connectivity index (χ0v) is 9.73. The molecule has 0 saturated heterocycles. The molecule has 0 bridgehead atoms. The number of anilines is 1. The van der Waals surface area contributed by atoms with Crippen LogP contribution in [0.1, 0.15) is 13.8 Å². The van der Waals surface area contributed by atoms with Gasteiger partial charge in [0.2, 0.25) is 0 Å². The SMILES string of the molecule is CC(C)N(C)c1ccc2cnn(C)c2c1. The quantitative estimate of drug-likeness (QED) is 0.747. The van der Waals surface area contributed by atoms with Crippen molar-refractivity contribution in [2.24, 2.45) is 7.05 Å². The molecule has 0 radical (unpaired) electrons. The van der Waals surface area contributed by atoms with E-state index in [1.165, 1.54) is 16.6 Å². The third-order valence-electron chi connectivity index (χ3n) is 2.91. The van der Waals surface area contributed by atoms with Gasteiger partial charge in [-0.25, -0.2) is 0 Å². The summed E-state index contributed by atoms with van der Waals surface area (Å²) in [7, 11) is 4.09. The predicted octanol–water partition coefficient (Wildman–Crippen LogP) is 2.42. The number of fused-ring (bicyclic) bond motifs is 1. The predicted molar refractivity (Wildman–Crippen MR) is 64.3 cm³/mol. The smallest absolute Gasteiger partial charge is 0.0699 e. The summed E-state index contributed by atoms with van der Waals surface area (Å²) in [5.74, 6) is 0. The monoisotopic (exact) mass is 203 g/mol. The van der Waals surface area contributed by atoms with Crippen LogP contribution in [0, 0.1) is 0 Å². The Kier molecular flexibility index (Phi) is 2.39. The van der Waals surface area contributed by atoms with Crippen LogP contribution < -0.4 is 4.90 Å².